The van der Waals surface area contributed by atoms with Gasteiger partial charge in [0.15, 0.2) is 9.84 Å². The second-order valence-corrected chi connectivity index (χ2v) is 7.11. The molecule has 19 heavy (non-hydrogen) atoms. The minimum atomic E-state index is -2.92. The molecule has 6 heteroatoms. The van der Waals surface area contributed by atoms with Crippen LogP contribution in [0.1, 0.15) is 30.4 Å². The fourth-order valence-electron chi connectivity index (χ4n) is 2.23. The maximum Gasteiger partial charge on any atom is 0.263 e. The standard InChI is InChI=1S/C13H17F2NO2S/c14-13(15)11-5-3-10(4-6-11)8-16-12-2-1-7-19(17,18)9-12/h3-6,12-13,16H,1-2,7-9H2. The van der Waals surface area contributed by atoms with Gasteiger partial charge in [0.25, 0.3) is 6.43 Å². The van der Waals surface area contributed by atoms with Crippen molar-refractivity contribution >= 4 is 9.84 Å². The van der Waals surface area contributed by atoms with Crippen molar-refractivity contribution in [1.82, 2.24) is 5.32 Å². The van der Waals surface area contributed by atoms with Crippen molar-refractivity contribution in [3.05, 3.63) is 35.4 Å². The van der Waals surface area contributed by atoms with E-state index in [9.17, 15) is 17.2 Å². The van der Waals surface area contributed by atoms with Gasteiger partial charge in [-0.15, -0.1) is 0 Å². The molecule has 1 N–H and O–H groups in total. The second kappa shape index (κ2) is 5.96. The zero-order chi connectivity index (χ0) is 13.9. The molecular weight excluding hydrogens is 272 g/mol. The molecule has 1 aliphatic heterocycles. The number of nitrogens with one attached hydrogen (secondary N) is 1. The highest BCUT2D eigenvalue weighted by molar-refractivity contribution is 7.91. The summed E-state index contributed by atoms with van der Waals surface area (Å²) in [4.78, 5) is 0. The molecule has 1 aromatic rings. The van der Waals surface area contributed by atoms with Crippen molar-refractivity contribution in [3.63, 3.8) is 0 Å². The molecule has 1 heterocycles. The predicted molar refractivity (Wildman–Crippen MR) is 69.9 cm³/mol. The fourth-order valence-corrected chi connectivity index (χ4v) is 3.90. The molecule has 1 saturated heterocycles. The number of rotatable bonds is 4. The Morgan fingerprint density at radius 2 is 1.95 bits per heavy atom. The van der Waals surface area contributed by atoms with Crippen molar-refractivity contribution in [2.45, 2.75) is 31.9 Å². The molecule has 1 aliphatic rings. The molecule has 0 aliphatic carbocycles. The summed E-state index contributed by atoms with van der Waals surface area (Å²) in [6.45, 7) is 0.504. The largest absolute Gasteiger partial charge is 0.309 e. The van der Waals surface area contributed by atoms with Crippen LogP contribution in [0, 0.1) is 0 Å². The molecule has 1 fully saturated rings. The number of benzene rings is 1. The van der Waals surface area contributed by atoms with Gasteiger partial charge >= 0.3 is 0 Å². The smallest absolute Gasteiger partial charge is 0.263 e. The van der Waals surface area contributed by atoms with Gasteiger partial charge in [-0.25, -0.2) is 17.2 Å². The van der Waals surface area contributed by atoms with Crippen molar-refractivity contribution in [3.8, 4) is 0 Å². The molecule has 2 rings (SSSR count). The number of hydrogen-bond acceptors (Lipinski definition) is 3. The quantitative estimate of drug-likeness (QED) is 0.925. The fraction of sp³-hybridized carbons (Fsp3) is 0.538. The highest BCUT2D eigenvalue weighted by Crippen LogP contribution is 2.19. The molecule has 0 spiro atoms. The highest BCUT2D eigenvalue weighted by Gasteiger charge is 2.24. The summed E-state index contributed by atoms with van der Waals surface area (Å²) in [6.07, 6.45) is -0.927. The molecule has 0 bridgehead atoms. The van der Waals surface area contributed by atoms with Crippen LogP contribution in [-0.4, -0.2) is 26.0 Å². The van der Waals surface area contributed by atoms with Gasteiger partial charge in [0, 0.05) is 18.2 Å². The van der Waals surface area contributed by atoms with E-state index in [1.807, 2.05) is 0 Å². The van der Waals surface area contributed by atoms with Gasteiger partial charge in [-0.05, 0) is 18.4 Å². The van der Waals surface area contributed by atoms with E-state index in [2.05, 4.69) is 5.32 Å². The third kappa shape index (κ3) is 4.24. The van der Waals surface area contributed by atoms with Crippen molar-refractivity contribution in [2.24, 2.45) is 0 Å². The molecule has 3 nitrogen and oxygen atoms in total. The van der Waals surface area contributed by atoms with Gasteiger partial charge in [-0.1, -0.05) is 24.3 Å². The summed E-state index contributed by atoms with van der Waals surface area (Å²) in [6, 6.07) is 6.06. The van der Waals surface area contributed by atoms with E-state index >= 15 is 0 Å². The number of hydrogen-bond donors (Lipinski definition) is 1. The van der Waals surface area contributed by atoms with Crippen molar-refractivity contribution in [1.29, 1.82) is 0 Å². The van der Waals surface area contributed by atoms with Gasteiger partial charge in [0.05, 0.1) is 11.5 Å². The van der Waals surface area contributed by atoms with E-state index in [4.69, 9.17) is 0 Å². The summed E-state index contributed by atoms with van der Waals surface area (Å²) in [7, 11) is -2.92. The summed E-state index contributed by atoms with van der Waals surface area (Å²) < 4.78 is 47.7. The monoisotopic (exact) mass is 289 g/mol. The lowest BCUT2D eigenvalue weighted by Crippen LogP contribution is -2.39. The van der Waals surface area contributed by atoms with Gasteiger partial charge in [0.2, 0.25) is 0 Å². The summed E-state index contributed by atoms with van der Waals surface area (Å²) in [5.41, 5.74) is 0.886. The summed E-state index contributed by atoms with van der Waals surface area (Å²) in [5, 5.41) is 3.18. The zero-order valence-electron chi connectivity index (χ0n) is 10.5. The normalized spacial score (nSPS) is 22.6. The average molecular weight is 289 g/mol. The maximum atomic E-state index is 12.4. The lowest BCUT2D eigenvalue weighted by molar-refractivity contribution is 0.151. The van der Waals surface area contributed by atoms with Gasteiger partial charge in [-0.2, -0.15) is 0 Å². The first kappa shape index (κ1) is 14.4. The first-order chi connectivity index (χ1) is 8.96. The molecule has 1 unspecified atom stereocenters. The number of sulfone groups is 1. The van der Waals surface area contributed by atoms with Crippen molar-refractivity contribution < 1.29 is 17.2 Å². The molecule has 0 radical (unpaired) electrons. The first-order valence-electron chi connectivity index (χ1n) is 6.27. The van der Waals surface area contributed by atoms with Crippen LogP contribution in [0.5, 0.6) is 0 Å². The molecular formula is C13H17F2NO2S. The zero-order valence-corrected chi connectivity index (χ0v) is 11.3. The van der Waals surface area contributed by atoms with Crippen LogP contribution in [0.4, 0.5) is 8.78 Å². The van der Waals surface area contributed by atoms with E-state index < -0.39 is 16.3 Å². The maximum absolute atomic E-state index is 12.4. The van der Waals surface area contributed by atoms with Crippen LogP contribution < -0.4 is 5.32 Å². The minimum Gasteiger partial charge on any atom is -0.309 e. The Balaban J connectivity index is 1.88. The van der Waals surface area contributed by atoms with Crippen LogP contribution in [0.2, 0.25) is 0 Å². The Morgan fingerprint density at radius 3 is 2.53 bits per heavy atom. The van der Waals surface area contributed by atoms with Crippen LogP contribution >= 0.6 is 0 Å². The number of halogens is 2. The highest BCUT2D eigenvalue weighted by atomic mass is 32.2. The Bertz CT molecular complexity index is 514. The van der Waals surface area contributed by atoms with Crippen LogP contribution in [0.3, 0.4) is 0 Å². The van der Waals surface area contributed by atoms with Gasteiger partial charge in [-0.3, -0.25) is 0 Å². The van der Waals surface area contributed by atoms with Gasteiger partial charge in [0.1, 0.15) is 0 Å². The number of alkyl halides is 2. The van der Waals surface area contributed by atoms with E-state index in [0.29, 0.717) is 13.0 Å². The summed E-state index contributed by atoms with van der Waals surface area (Å²) in [5.74, 6) is 0.441. The van der Waals surface area contributed by atoms with Crippen LogP contribution in [0.15, 0.2) is 24.3 Å². The Labute approximate surface area is 111 Å². The predicted octanol–water partition coefficient (Wildman–Crippen LogP) is 2.29. The Kier molecular flexibility index (Phi) is 4.52. The second-order valence-electron chi connectivity index (χ2n) is 4.88. The minimum absolute atomic E-state index is 0.00370. The molecule has 106 valence electrons. The first-order valence-corrected chi connectivity index (χ1v) is 8.09. The van der Waals surface area contributed by atoms with E-state index in [1.54, 1.807) is 12.1 Å². The average Bonchev–Trinajstić information content (AvgIpc) is 2.36. The molecule has 1 atom stereocenters. The van der Waals surface area contributed by atoms with E-state index in [0.717, 1.165) is 12.0 Å². The topological polar surface area (TPSA) is 46.2 Å². The molecule has 0 aromatic heterocycles. The van der Waals surface area contributed by atoms with E-state index in [-0.39, 0.29) is 23.1 Å². The van der Waals surface area contributed by atoms with Gasteiger partial charge < -0.3 is 5.32 Å². The van der Waals surface area contributed by atoms with Crippen molar-refractivity contribution in [2.75, 3.05) is 11.5 Å². The Morgan fingerprint density at radius 1 is 1.26 bits per heavy atom. The molecule has 0 amide bonds. The lowest BCUT2D eigenvalue weighted by Gasteiger charge is -2.23. The van der Waals surface area contributed by atoms with Crippen LogP contribution in [0.25, 0.3) is 0 Å². The molecule has 1 aromatic carbocycles. The Hall–Kier alpha value is -1.01. The lowest BCUT2D eigenvalue weighted by atomic mass is 10.1. The van der Waals surface area contributed by atoms with Crippen LogP contribution in [-0.2, 0) is 16.4 Å². The SMILES string of the molecule is O=S1(=O)CCCC(NCc2ccc(C(F)F)cc2)C1. The van der Waals surface area contributed by atoms with E-state index in [1.165, 1.54) is 12.1 Å². The molecule has 0 saturated carbocycles. The summed E-state index contributed by atoms with van der Waals surface area (Å²) >= 11 is 0. The third-order valence-electron chi connectivity index (χ3n) is 3.29. The third-order valence-corrected chi connectivity index (χ3v) is 5.11.